The van der Waals surface area contributed by atoms with Crippen LogP contribution in [0.2, 0.25) is 0 Å². The minimum atomic E-state index is -0.152. The third kappa shape index (κ3) is 4.58. The van der Waals surface area contributed by atoms with Gasteiger partial charge >= 0.3 is 5.97 Å². The van der Waals surface area contributed by atoms with Crippen LogP contribution in [-0.2, 0) is 9.53 Å². The van der Waals surface area contributed by atoms with Gasteiger partial charge in [0.1, 0.15) is 0 Å². The molecule has 1 unspecified atom stereocenters. The number of nitriles is 1. The number of unbranched alkanes of at least 4 members (excludes halogenated alkanes) is 1. The van der Waals surface area contributed by atoms with Gasteiger partial charge in [-0.15, -0.1) is 0 Å². The van der Waals surface area contributed by atoms with Crippen LogP contribution in [0, 0.1) is 11.3 Å². The molecule has 0 saturated carbocycles. The molecule has 0 N–H and O–H groups in total. The normalized spacial score (nSPS) is 11.6. The van der Waals surface area contributed by atoms with Gasteiger partial charge in [-0.1, -0.05) is 32.4 Å². The maximum atomic E-state index is 11.6. The number of carbonyl (C=O) groups excluding carboxylic acids is 1. The van der Waals surface area contributed by atoms with E-state index in [0.29, 0.717) is 18.6 Å². The lowest BCUT2D eigenvalue weighted by Crippen LogP contribution is -2.09. The minimum Gasteiger partial charge on any atom is -0.466 e. The van der Waals surface area contributed by atoms with Gasteiger partial charge < -0.3 is 4.74 Å². The summed E-state index contributed by atoms with van der Waals surface area (Å²) in [6, 6.07) is 9.40. The first-order valence-electron chi connectivity index (χ1n) is 6.33. The smallest absolute Gasteiger partial charge is 0.306 e. The van der Waals surface area contributed by atoms with Crippen molar-refractivity contribution in [1.29, 1.82) is 5.26 Å². The van der Waals surface area contributed by atoms with Crippen LogP contribution >= 0.6 is 0 Å². The highest BCUT2D eigenvalue weighted by atomic mass is 16.5. The Bertz CT molecular complexity index is 417. The molecule has 0 aliphatic carbocycles. The monoisotopic (exact) mass is 245 g/mol. The summed E-state index contributed by atoms with van der Waals surface area (Å²) in [5, 5.41) is 8.71. The zero-order chi connectivity index (χ0) is 13.4. The number of hydrogen-bond acceptors (Lipinski definition) is 3. The molecule has 3 nitrogen and oxygen atoms in total. The highest BCUT2D eigenvalue weighted by Crippen LogP contribution is 2.19. The van der Waals surface area contributed by atoms with Crippen molar-refractivity contribution in [3.8, 4) is 6.07 Å². The Morgan fingerprint density at radius 1 is 1.39 bits per heavy atom. The quantitative estimate of drug-likeness (QED) is 0.570. The fourth-order valence-electron chi connectivity index (χ4n) is 1.64. The second-order valence-electron chi connectivity index (χ2n) is 4.41. The summed E-state index contributed by atoms with van der Waals surface area (Å²) in [7, 11) is 0. The number of ether oxygens (including phenoxy) is 1. The maximum absolute atomic E-state index is 11.6. The highest BCUT2D eigenvalue weighted by molar-refractivity contribution is 5.70. The molecule has 18 heavy (non-hydrogen) atoms. The van der Waals surface area contributed by atoms with Gasteiger partial charge in [-0.2, -0.15) is 5.26 Å². The van der Waals surface area contributed by atoms with Crippen LogP contribution in [0.1, 0.15) is 50.2 Å². The molecule has 0 heterocycles. The summed E-state index contributed by atoms with van der Waals surface area (Å²) in [4.78, 5) is 11.6. The molecule has 1 aromatic carbocycles. The second kappa shape index (κ2) is 7.50. The van der Waals surface area contributed by atoms with Crippen molar-refractivity contribution in [3.05, 3.63) is 35.4 Å². The van der Waals surface area contributed by atoms with Gasteiger partial charge in [0, 0.05) is 0 Å². The van der Waals surface area contributed by atoms with Crippen molar-refractivity contribution < 1.29 is 9.53 Å². The summed E-state index contributed by atoms with van der Waals surface area (Å²) in [5.41, 5.74) is 1.69. The molecule has 0 amide bonds. The average molecular weight is 245 g/mol. The van der Waals surface area contributed by atoms with E-state index in [-0.39, 0.29) is 11.9 Å². The van der Waals surface area contributed by atoms with Crippen molar-refractivity contribution in [2.45, 2.75) is 39.0 Å². The van der Waals surface area contributed by atoms with E-state index < -0.39 is 0 Å². The number of carbonyl (C=O) groups is 1. The van der Waals surface area contributed by atoms with E-state index in [9.17, 15) is 4.79 Å². The lowest BCUT2D eigenvalue weighted by Gasteiger charge is -2.11. The Hall–Kier alpha value is -1.82. The first kappa shape index (κ1) is 14.2. The maximum Gasteiger partial charge on any atom is 0.306 e. The number of benzene rings is 1. The van der Waals surface area contributed by atoms with Gasteiger partial charge in [-0.25, -0.2) is 0 Å². The van der Waals surface area contributed by atoms with E-state index in [1.54, 1.807) is 12.1 Å². The summed E-state index contributed by atoms with van der Waals surface area (Å²) < 4.78 is 5.13. The van der Waals surface area contributed by atoms with Gasteiger partial charge in [0.05, 0.1) is 24.7 Å². The molecule has 96 valence electrons. The summed E-state index contributed by atoms with van der Waals surface area (Å²) in [6.07, 6.45) is 2.32. The first-order chi connectivity index (χ1) is 8.67. The number of esters is 1. The van der Waals surface area contributed by atoms with Crippen LogP contribution in [0.4, 0.5) is 0 Å². The average Bonchev–Trinajstić information content (AvgIpc) is 2.39. The molecular formula is C15H19NO2. The Morgan fingerprint density at radius 3 is 2.61 bits per heavy atom. The number of nitrogens with zero attached hydrogens (tertiary/aromatic N) is 1. The van der Waals surface area contributed by atoms with Crippen LogP contribution in [0.15, 0.2) is 24.3 Å². The fourth-order valence-corrected chi connectivity index (χ4v) is 1.64. The zero-order valence-electron chi connectivity index (χ0n) is 11.0. The molecule has 0 spiro atoms. The van der Waals surface area contributed by atoms with Gasteiger partial charge in [-0.05, 0) is 30.0 Å². The molecule has 0 aliphatic rings. The minimum absolute atomic E-state index is 0.117. The van der Waals surface area contributed by atoms with Crippen LogP contribution in [0.5, 0.6) is 0 Å². The summed E-state index contributed by atoms with van der Waals surface area (Å²) in [6.45, 7) is 4.56. The lowest BCUT2D eigenvalue weighted by atomic mass is 9.97. The Balaban J connectivity index is 2.46. The molecule has 1 atom stereocenters. The molecule has 0 radical (unpaired) electrons. The molecule has 0 aliphatic heterocycles. The van der Waals surface area contributed by atoms with Crippen LogP contribution < -0.4 is 0 Å². The second-order valence-corrected chi connectivity index (χ2v) is 4.41. The molecule has 0 saturated heterocycles. The largest absolute Gasteiger partial charge is 0.466 e. The van der Waals surface area contributed by atoms with E-state index in [2.05, 4.69) is 13.0 Å². The van der Waals surface area contributed by atoms with Gasteiger partial charge in [0.25, 0.3) is 0 Å². The van der Waals surface area contributed by atoms with Crippen molar-refractivity contribution in [3.63, 3.8) is 0 Å². The van der Waals surface area contributed by atoms with Crippen molar-refractivity contribution in [2.75, 3.05) is 6.61 Å². The standard InChI is InChI=1S/C15H19NO2/c1-3-4-9-18-15(17)10-12(2)14-7-5-13(11-16)6-8-14/h5-8,12H,3-4,9-10H2,1-2H3. The molecule has 0 aromatic heterocycles. The third-order valence-corrected chi connectivity index (χ3v) is 2.84. The van der Waals surface area contributed by atoms with Crippen molar-refractivity contribution in [2.24, 2.45) is 0 Å². The molecule has 0 bridgehead atoms. The topological polar surface area (TPSA) is 50.1 Å². The molecule has 3 heteroatoms. The molecule has 1 aromatic rings. The Labute approximate surface area is 108 Å². The Kier molecular flexibility index (Phi) is 5.93. The van der Waals surface area contributed by atoms with E-state index in [0.717, 1.165) is 18.4 Å². The Morgan fingerprint density at radius 2 is 2.06 bits per heavy atom. The van der Waals surface area contributed by atoms with Crippen molar-refractivity contribution in [1.82, 2.24) is 0 Å². The predicted molar refractivity (Wildman–Crippen MR) is 70.1 cm³/mol. The lowest BCUT2D eigenvalue weighted by molar-refractivity contribution is -0.144. The first-order valence-corrected chi connectivity index (χ1v) is 6.33. The number of rotatable bonds is 6. The van der Waals surface area contributed by atoms with E-state index in [1.807, 2.05) is 19.1 Å². The zero-order valence-corrected chi connectivity index (χ0v) is 11.0. The summed E-state index contributed by atoms with van der Waals surface area (Å²) in [5.74, 6) is -0.0350. The third-order valence-electron chi connectivity index (χ3n) is 2.84. The molecular weight excluding hydrogens is 226 g/mol. The van der Waals surface area contributed by atoms with Crippen LogP contribution in [0.3, 0.4) is 0 Å². The SMILES string of the molecule is CCCCOC(=O)CC(C)c1ccc(C#N)cc1. The van der Waals surface area contributed by atoms with Crippen LogP contribution in [-0.4, -0.2) is 12.6 Å². The van der Waals surface area contributed by atoms with Crippen LogP contribution in [0.25, 0.3) is 0 Å². The van der Waals surface area contributed by atoms with E-state index >= 15 is 0 Å². The van der Waals surface area contributed by atoms with Crippen molar-refractivity contribution >= 4 is 5.97 Å². The predicted octanol–water partition coefficient (Wildman–Crippen LogP) is 3.40. The van der Waals surface area contributed by atoms with E-state index in [1.165, 1.54) is 0 Å². The number of hydrogen-bond donors (Lipinski definition) is 0. The molecule has 0 fully saturated rings. The van der Waals surface area contributed by atoms with Gasteiger partial charge in [0.2, 0.25) is 0 Å². The van der Waals surface area contributed by atoms with Gasteiger partial charge in [-0.3, -0.25) is 4.79 Å². The summed E-state index contributed by atoms with van der Waals surface area (Å²) >= 11 is 0. The highest BCUT2D eigenvalue weighted by Gasteiger charge is 2.12. The molecule has 1 rings (SSSR count). The van der Waals surface area contributed by atoms with Gasteiger partial charge in [0.15, 0.2) is 0 Å². The fraction of sp³-hybridized carbons (Fsp3) is 0.467. The van der Waals surface area contributed by atoms with E-state index in [4.69, 9.17) is 10.00 Å².